The van der Waals surface area contributed by atoms with E-state index in [9.17, 15) is 4.79 Å². The van der Waals surface area contributed by atoms with Crippen LogP contribution >= 0.6 is 0 Å². The van der Waals surface area contributed by atoms with E-state index in [2.05, 4.69) is 15.5 Å². The van der Waals surface area contributed by atoms with Gasteiger partial charge >= 0.3 is 0 Å². The van der Waals surface area contributed by atoms with Crippen LogP contribution in [0.5, 0.6) is 0 Å². The van der Waals surface area contributed by atoms with Gasteiger partial charge < -0.3 is 10.2 Å². The zero-order valence-electron chi connectivity index (χ0n) is 7.29. The number of hydrogen-bond donors (Lipinski definition) is 1. The first-order valence-electron chi connectivity index (χ1n) is 4.40. The molecular formula is C9H8N4O. The lowest BCUT2D eigenvalue weighted by atomic mass is 9.97. The lowest BCUT2D eigenvalue weighted by Crippen LogP contribution is -2.51. The minimum Gasteiger partial charge on any atom is -0.365 e. The summed E-state index contributed by atoms with van der Waals surface area (Å²) in [4.78, 5) is 13.4. The third-order valence-corrected chi connectivity index (χ3v) is 2.51. The summed E-state index contributed by atoms with van der Waals surface area (Å²) in [6.07, 6.45) is 9.12. The molecule has 5 nitrogen and oxygen atoms in total. The normalized spacial score (nSPS) is 32.4. The van der Waals surface area contributed by atoms with Crippen LogP contribution in [0.4, 0.5) is 0 Å². The summed E-state index contributed by atoms with van der Waals surface area (Å²) in [6, 6.07) is -0.0324. The van der Waals surface area contributed by atoms with Crippen molar-refractivity contribution in [2.45, 2.75) is 12.2 Å². The Labute approximate surface area is 80.5 Å². The molecule has 3 aliphatic rings. The van der Waals surface area contributed by atoms with Gasteiger partial charge in [-0.05, 0) is 12.2 Å². The molecule has 5 heteroatoms. The molecule has 3 rings (SSSR count). The Bertz CT molecular complexity index is 407. The van der Waals surface area contributed by atoms with Gasteiger partial charge in [0.15, 0.2) is 6.17 Å². The van der Waals surface area contributed by atoms with Crippen molar-refractivity contribution in [3.05, 3.63) is 36.3 Å². The maximum absolute atomic E-state index is 11.4. The van der Waals surface area contributed by atoms with Gasteiger partial charge in [0.05, 0.1) is 0 Å². The number of carbonyl (C=O) groups excluding carboxylic acids is 1. The van der Waals surface area contributed by atoms with Gasteiger partial charge in [-0.25, -0.2) is 0 Å². The summed E-state index contributed by atoms with van der Waals surface area (Å²) in [5.74, 6) is -0.238. The molecule has 0 saturated carbocycles. The molecule has 0 spiro atoms. The first-order chi connectivity index (χ1) is 6.86. The Kier molecular flexibility index (Phi) is 1.36. The molecule has 1 N–H and O–H groups in total. The van der Waals surface area contributed by atoms with Crippen molar-refractivity contribution in [3.8, 4) is 0 Å². The van der Waals surface area contributed by atoms with Crippen LogP contribution in [0, 0.1) is 0 Å². The number of hydrogen-bond acceptors (Lipinski definition) is 4. The van der Waals surface area contributed by atoms with Crippen LogP contribution in [0.25, 0.3) is 0 Å². The third-order valence-electron chi connectivity index (χ3n) is 2.51. The van der Waals surface area contributed by atoms with Crippen LogP contribution in [0.3, 0.4) is 0 Å². The van der Waals surface area contributed by atoms with Crippen molar-refractivity contribution < 1.29 is 4.79 Å². The minimum absolute atomic E-state index is 0.0324. The lowest BCUT2D eigenvalue weighted by molar-refractivity contribution is -0.116. The van der Waals surface area contributed by atoms with Crippen LogP contribution in [0.15, 0.2) is 46.6 Å². The number of nitrogens with one attached hydrogen (secondary N) is 1. The smallest absolute Gasteiger partial charge is 0.293 e. The lowest BCUT2D eigenvalue weighted by Gasteiger charge is -2.38. The van der Waals surface area contributed by atoms with Crippen molar-refractivity contribution in [2.75, 3.05) is 0 Å². The van der Waals surface area contributed by atoms with Crippen molar-refractivity contribution >= 4 is 5.91 Å². The summed E-state index contributed by atoms with van der Waals surface area (Å²) in [5, 5.41) is 10.6. The van der Waals surface area contributed by atoms with Gasteiger partial charge in [-0.3, -0.25) is 4.79 Å². The highest BCUT2D eigenvalue weighted by molar-refractivity contribution is 5.96. The zero-order valence-corrected chi connectivity index (χ0v) is 7.29. The molecular weight excluding hydrogens is 180 g/mol. The number of allylic oxidation sites excluding steroid dienone is 2. The molecule has 2 atom stereocenters. The quantitative estimate of drug-likeness (QED) is 0.602. The summed E-state index contributed by atoms with van der Waals surface area (Å²) < 4.78 is 0. The fourth-order valence-electron chi connectivity index (χ4n) is 1.86. The highest BCUT2D eigenvalue weighted by Crippen LogP contribution is 2.27. The van der Waals surface area contributed by atoms with Crippen molar-refractivity contribution in [1.29, 1.82) is 0 Å². The van der Waals surface area contributed by atoms with E-state index in [1.165, 1.54) is 0 Å². The van der Waals surface area contributed by atoms with Crippen LogP contribution in [0.2, 0.25) is 0 Å². The van der Waals surface area contributed by atoms with Gasteiger partial charge in [-0.1, -0.05) is 0 Å². The summed E-state index contributed by atoms with van der Waals surface area (Å²) in [6.45, 7) is 0. The van der Waals surface area contributed by atoms with Gasteiger partial charge in [0.25, 0.3) is 5.91 Å². The number of amides is 1. The van der Waals surface area contributed by atoms with E-state index in [-0.39, 0.29) is 18.1 Å². The fraction of sp³-hybridized carbons (Fsp3) is 0.222. The van der Waals surface area contributed by atoms with Gasteiger partial charge in [-0.2, -0.15) is 5.11 Å². The monoisotopic (exact) mass is 188 g/mol. The Morgan fingerprint density at radius 1 is 1.43 bits per heavy atom. The Morgan fingerprint density at radius 2 is 2.36 bits per heavy atom. The molecule has 70 valence electrons. The molecule has 0 fully saturated rings. The fourth-order valence-corrected chi connectivity index (χ4v) is 1.86. The van der Waals surface area contributed by atoms with E-state index >= 15 is 0 Å². The van der Waals surface area contributed by atoms with Gasteiger partial charge in [0.1, 0.15) is 6.04 Å². The largest absolute Gasteiger partial charge is 0.365 e. The molecule has 0 bridgehead atoms. The van der Waals surface area contributed by atoms with E-state index in [0.717, 1.165) is 0 Å². The first-order valence-corrected chi connectivity index (χ1v) is 4.40. The van der Waals surface area contributed by atoms with E-state index in [1.807, 2.05) is 29.6 Å². The van der Waals surface area contributed by atoms with Crippen molar-refractivity contribution in [3.63, 3.8) is 0 Å². The number of carbonyl (C=O) groups is 1. The van der Waals surface area contributed by atoms with Gasteiger partial charge in [-0.15, -0.1) is 5.11 Å². The number of nitrogens with zero attached hydrogens (tertiary/aromatic N) is 3. The average molecular weight is 188 g/mol. The minimum atomic E-state index is -0.238. The molecule has 1 amide bonds. The van der Waals surface area contributed by atoms with E-state index < -0.39 is 0 Å². The highest BCUT2D eigenvalue weighted by atomic mass is 16.2. The zero-order chi connectivity index (χ0) is 9.54. The topological polar surface area (TPSA) is 57.1 Å². The Morgan fingerprint density at radius 3 is 3.29 bits per heavy atom. The van der Waals surface area contributed by atoms with Crippen molar-refractivity contribution in [1.82, 2.24) is 10.2 Å². The van der Waals surface area contributed by atoms with E-state index in [1.54, 1.807) is 6.08 Å². The SMILES string of the molecule is O=C1N=N[C@@H]2NC=CN3C=CC=C1[C@H]23. The Balaban J connectivity index is 2.13. The van der Waals surface area contributed by atoms with Crippen LogP contribution < -0.4 is 5.32 Å². The maximum Gasteiger partial charge on any atom is 0.293 e. The summed E-state index contributed by atoms with van der Waals surface area (Å²) >= 11 is 0. The standard InChI is InChI=1S/C9H8N4O/c14-9-6-2-1-4-13-5-3-10-8(7(6)13)11-12-9/h1-5,7-8,10H/t7-,8+/m1/s1. The average Bonchev–Trinajstić information content (AvgIpc) is 2.24. The van der Waals surface area contributed by atoms with Crippen LogP contribution in [-0.2, 0) is 4.79 Å². The maximum atomic E-state index is 11.4. The second kappa shape index (κ2) is 2.54. The van der Waals surface area contributed by atoms with E-state index in [4.69, 9.17) is 0 Å². The molecule has 0 unspecified atom stereocenters. The number of rotatable bonds is 0. The highest BCUT2D eigenvalue weighted by Gasteiger charge is 2.38. The predicted molar refractivity (Wildman–Crippen MR) is 48.8 cm³/mol. The summed E-state index contributed by atoms with van der Waals surface area (Å²) in [7, 11) is 0. The van der Waals surface area contributed by atoms with Gasteiger partial charge in [0, 0.05) is 24.2 Å². The molecule has 0 aromatic heterocycles. The molecule has 0 aromatic rings. The molecule has 14 heavy (non-hydrogen) atoms. The van der Waals surface area contributed by atoms with Crippen LogP contribution in [0.1, 0.15) is 0 Å². The second-order valence-electron chi connectivity index (χ2n) is 3.30. The molecule has 3 heterocycles. The molecule has 0 aliphatic carbocycles. The Hall–Kier alpha value is -1.91. The summed E-state index contributed by atoms with van der Waals surface area (Å²) in [5.41, 5.74) is 0.698. The molecule has 0 saturated heterocycles. The predicted octanol–water partition coefficient (Wildman–Crippen LogP) is 0.504. The van der Waals surface area contributed by atoms with Gasteiger partial charge in [0.2, 0.25) is 0 Å². The second-order valence-corrected chi connectivity index (χ2v) is 3.30. The first kappa shape index (κ1) is 7.49. The van der Waals surface area contributed by atoms with Crippen molar-refractivity contribution in [2.24, 2.45) is 10.2 Å². The molecule has 0 aromatic carbocycles. The van der Waals surface area contributed by atoms with Crippen LogP contribution in [-0.4, -0.2) is 23.0 Å². The number of azo groups is 1. The van der Waals surface area contributed by atoms with E-state index in [0.29, 0.717) is 5.57 Å². The molecule has 3 aliphatic heterocycles. The third kappa shape index (κ3) is 0.863. The molecule has 0 radical (unpaired) electrons.